The summed E-state index contributed by atoms with van der Waals surface area (Å²) >= 11 is 3.40. The van der Waals surface area contributed by atoms with Crippen LogP contribution in [0, 0.1) is 0 Å². The number of nitrogen functional groups attached to an aromatic ring is 1. The molecule has 2 rings (SSSR count). The number of anilines is 1. The number of nitrogens with two attached hydrogens (primary N) is 1. The van der Waals surface area contributed by atoms with Crippen LogP contribution >= 0.6 is 15.9 Å². The molecular formula is C12H17BrN2O2S. The predicted octanol–water partition coefficient (Wildman–Crippen LogP) is 1.65. The predicted molar refractivity (Wildman–Crippen MR) is 77.1 cm³/mol. The molecule has 1 aliphatic heterocycles. The van der Waals surface area contributed by atoms with Gasteiger partial charge in [0.15, 0.2) is 9.84 Å². The van der Waals surface area contributed by atoms with Crippen LogP contribution in [0.1, 0.15) is 12.5 Å². The molecule has 1 aliphatic rings. The fourth-order valence-corrected chi connectivity index (χ4v) is 4.22. The van der Waals surface area contributed by atoms with Gasteiger partial charge in [0.2, 0.25) is 0 Å². The molecule has 1 heterocycles. The summed E-state index contributed by atoms with van der Waals surface area (Å²) in [4.78, 5) is 2.19. The molecule has 0 amide bonds. The molecule has 0 spiro atoms. The van der Waals surface area contributed by atoms with Crippen LogP contribution in [0.3, 0.4) is 0 Å². The molecule has 4 nitrogen and oxygen atoms in total. The number of benzene rings is 1. The number of rotatable bonds is 2. The van der Waals surface area contributed by atoms with E-state index in [-0.39, 0.29) is 17.5 Å². The molecule has 2 N–H and O–H groups in total. The van der Waals surface area contributed by atoms with Crippen molar-refractivity contribution in [3.05, 3.63) is 28.2 Å². The lowest BCUT2D eigenvalue weighted by atomic mass is 10.1. The second-order valence-corrected chi connectivity index (χ2v) is 7.87. The van der Waals surface area contributed by atoms with Gasteiger partial charge in [0, 0.05) is 29.3 Å². The average Bonchev–Trinajstić information content (AvgIpc) is 2.27. The smallest absolute Gasteiger partial charge is 0.153 e. The lowest BCUT2D eigenvalue weighted by molar-refractivity contribution is 0.218. The van der Waals surface area contributed by atoms with Crippen molar-refractivity contribution < 1.29 is 8.42 Å². The van der Waals surface area contributed by atoms with Crippen molar-refractivity contribution >= 4 is 31.5 Å². The first-order chi connectivity index (χ1) is 8.37. The molecule has 1 atom stereocenters. The molecule has 1 unspecified atom stereocenters. The van der Waals surface area contributed by atoms with Crippen molar-refractivity contribution in [2.24, 2.45) is 0 Å². The SMILES string of the molecule is CC1CS(=O)(=O)CCN1Cc1ccc(N)c(Br)c1. The first-order valence-electron chi connectivity index (χ1n) is 5.86. The third kappa shape index (κ3) is 3.24. The van der Waals surface area contributed by atoms with Crippen molar-refractivity contribution in [2.75, 3.05) is 23.8 Å². The van der Waals surface area contributed by atoms with E-state index in [2.05, 4.69) is 20.8 Å². The molecule has 0 saturated carbocycles. The lowest BCUT2D eigenvalue weighted by Gasteiger charge is -2.33. The van der Waals surface area contributed by atoms with Crippen molar-refractivity contribution in [3.8, 4) is 0 Å². The van der Waals surface area contributed by atoms with E-state index in [4.69, 9.17) is 5.73 Å². The van der Waals surface area contributed by atoms with Crippen molar-refractivity contribution in [3.63, 3.8) is 0 Å². The summed E-state index contributed by atoms with van der Waals surface area (Å²) in [6.07, 6.45) is 0. The van der Waals surface area contributed by atoms with Gasteiger partial charge in [-0.25, -0.2) is 8.42 Å². The fourth-order valence-electron chi connectivity index (χ4n) is 2.17. The van der Waals surface area contributed by atoms with E-state index in [1.54, 1.807) is 0 Å². The summed E-state index contributed by atoms with van der Waals surface area (Å²) < 4.78 is 23.9. The molecule has 6 heteroatoms. The molecule has 1 saturated heterocycles. The number of sulfone groups is 1. The molecule has 1 aromatic rings. The van der Waals surface area contributed by atoms with Crippen LogP contribution in [0.25, 0.3) is 0 Å². The zero-order valence-corrected chi connectivity index (χ0v) is 12.7. The van der Waals surface area contributed by atoms with Gasteiger partial charge in [-0.15, -0.1) is 0 Å². The van der Waals surface area contributed by atoms with Gasteiger partial charge in [-0.3, -0.25) is 4.90 Å². The van der Waals surface area contributed by atoms with Crippen LogP contribution in [-0.2, 0) is 16.4 Å². The minimum atomic E-state index is -2.84. The minimum Gasteiger partial charge on any atom is -0.398 e. The number of halogens is 1. The highest BCUT2D eigenvalue weighted by molar-refractivity contribution is 9.10. The summed E-state index contributed by atoms with van der Waals surface area (Å²) in [6.45, 7) is 3.32. The van der Waals surface area contributed by atoms with Gasteiger partial charge in [0.25, 0.3) is 0 Å². The van der Waals surface area contributed by atoms with Crippen LogP contribution in [0.15, 0.2) is 22.7 Å². The standard InChI is InChI=1S/C12H17BrN2O2S/c1-9-8-18(16,17)5-4-15(9)7-10-2-3-12(14)11(13)6-10/h2-3,6,9H,4-5,7-8,14H2,1H3. The largest absolute Gasteiger partial charge is 0.398 e. The Morgan fingerprint density at radius 1 is 1.50 bits per heavy atom. The van der Waals surface area contributed by atoms with E-state index >= 15 is 0 Å². The molecule has 0 bridgehead atoms. The van der Waals surface area contributed by atoms with Crippen molar-refractivity contribution in [1.29, 1.82) is 0 Å². The van der Waals surface area contributed by atoms with E-state index in [0.717, 1.165) is 16.6 Å². The maximum atomic E-state index is 11.5. The Balaban J connectivity index is 2.08. The van der Waals surface area contributed by atoms with Gasteiger partial charge in [0.05, 0.1) is 11.5 Å². The Kier molecular flexibility index (Phi) is 3.99. The number of hydrogen-bond donors (Lipinski definition) is 1. The lowest BCUT2D eigenvalue weighted by Crippen LogP contribution is -2.46. The maximum absolute atomic E-state index is 11.5. The van der Waals surface area contributed by atoms with Crippen molar-refractivity contribution in [2.45, 2.75) is 19.5 Å². The van der Waals surface area contributed by atoms with Gasteiger partial charge >= 0.3 is 0 Å². The normalized spacial score (nSPS) is 24.0. The molecule has 1 aromatic carbocycles. The van der Waals surface area contributed by atoms with E-state index in [0.29, 0.717) is 12.2 Å². The quantitative estimate of drug-likeness (QED) is 0.836. The Hall–Kier alpha value is -0.590. The van der Waals surface area contributed by atoms with E-state index < -0.39 is 9.84 Å². The number of hydrogen-bond acceptors (Lipinski definition) is 4. The van der Waals surface area contributed by atoms with Crippen LogP contribution < -0.4 is 5.73 Å². The first-order valence-corrected chi connectivity index (χ1v) is 8.47. The molecule has 100 valence electrons. The second-order valence-electron chi connectivity index (χ2n) is 4.79. The number of nitrogens with zero attached hydrogens (tertiary/aromatic N) is 1. The third-order valence-electron chi connectivity index (χ3n) is 3.26. The molecule has 18 heavy (non-hydrogen) atoms. The molecule has 0 radical (unpaired) electrons. The maximum Gasteiger partial charge on any atom is 0.153 e. The Morgan fingerprint density at radius 2 is 2.22 bits per heavy atom. The summed E-state index contributed by atoms with van der Waals surface area (Å²) in [5.74, 6) is 0.511. The summed E-state index contributed by atoms with van der Waals surface area (Å²) in [5.41, 5.74) is 7.60. The Labute approximate surface area is 116 Å². The average molecular weight is 333 g/mol. The van der Waals surface area contributed by atoms with E-state index in [1.807, 2.05) is 25.1 Å². The van der Waals surface area contributed by atoms with Crippen LogP contribution in [0.4, 0.5) is 5.69 Å². The van der Waals surface area contributed by atoms with Gasteiger partial charge in [-0.1, -0.05) is 6.07 Å². The minimum absolute atomic E-state index is 0.0695. The van der Waals surface area contributed by atoms with E-state index in [9.17, 15) is 8.42 Å². The third-order valence-corrected chi connectivity index (χ3v) is 5.74. The second kappa shape index (κ2) is 5.19. The molecule has 1 fully saturated rings. The fraction of sp³-hybridized carbons (Fsp3) is 0.500. The Morgan fingerprint density at radius 3 is 2.83 bits per heavy atom. The summed E-state index contributed by atoms with van der Waals surface area (Å²) in [7, 11) is -2.84. The highest BCUT2D eigenvalue weighted by Gasteiger charge is 2.27. The highest BCUT2D eigenvalue weighted by atomic mass is 79.9. The molecule has 0 aliphatic carbocycles. The van der Waals surface area contributed by atoms with Crippen LogP contribution in [0.5, 0.6) is 0 Å². The van der Waals surface area contributed by atoms with Crippen LogP contribution in [-0.4, -0.2) is 37.4 Å². The van der Waals surface area contributed by atoms with Gasteiger partial charge < -0.3 is 5.73 Å². The monoisotopic (exact) mass is 332 g/mol. The summed E-state index contributed by atoms with van der Waals surface area (Å²) in [5, 5.41) is 0. The molecule has 0 aromatic heterocycles. The molecular weight excluding hydrogens is 316 g/mol. The van der Waals surface area contributed by atoms with Gasteiger partial charge in [0.1, 0.15) is 0 Å². The topological polar surface area (TPSA) is 63.4 Å². The van der Waals surface area contributed by atoms with E-state index in [1.165, 1.54) is 0 Å². The summed E-state index contributed by atoms with van der Waals surface area (Å²) in [6, 6.07) is 5.91. The Bertz CT molecular complexity index is 545. The zero-order chi connectivity index (χ0) is 13.3. The van der Waals surface area contributed by atoms with Crippen LogP contribution in [0.2, 0.25) is 0 Å². The van der Waals surface area contributed by atoms with Gasteiger partial charge in [-0.2, -0.15) is 0 Å². The first kappa shape index (κ1) is 13.8. The highest BCUT2D eigenvalue weighted by Crippen LogP contribution is 2.22. The zero-order valence-electron chi connectivity index (χ0n) is 10.3. The van der Waals surface area contributed by atoms with Crippen molar-refractivity contribution in [1.82, 2.24) is 4.90 Å². The van der Waals surface area contributed by atoms with Gasteiger partial charge in [-0.05, 0) is 40.5 Å².